The molecule has 0 saturated carbocycles. The molecule has 1 aromatic rings. The van der Waals surface area contributed by atoms with Gasteiger partial charge in [0.1, 0.15) is 0 Å². The number of hydrogen-bond acceptors (Lipinski definition) is 4. The van der Waals surface area contributed by atoms with Gasteiger partial charge in [0.05, 0.1) is 5.75 Å². The first-order chi connectivity index (χ1) is 8.99. The minimum absolute atomic E-state index is 0.163. The Morgan fingerprint density at radius 2 is 1.74 bits per heavy atom. The van der Waals surface area contributed by atoms with Crippen LogP contribution < -0.4 is 16.8 Å². The van der Waals surface area contributed by atoms with Crippen molar-refractivity contribution in [1.82, 2.24) is 0 Å². The van der Waals surface area contributed by atoms with Crippen LogP contribution in [-0.4, -0.2) is 29.2 Å². The first kappa shape index (κ1) is 15.0. The quantitative estimate of drug-likeness (QED) is 0.625. The molecular weight excluding hydrogens is 266 g/mol. The van der Waals surface area contributed by atoms with Gasteiger partial charge in [0.15, 0.2) is 0 Å². The summed E-state index contributed by atoms with van der Waals surface area (Å²) in [5.41, 5.74) is 11.1. The lowest BCUT2D eigenvalue weighted by atomic mass is 10.2. The summed E-state index contributed by atoms with van der Waals surface area (Å²) < 4.78 is 0. The number of carbonyl (C=O) groups is 3. The topological polar surface area (TPSA) is 115 Å². The van der Waals surface area contributed by atoms with Gasteiger partial charge < -0.3 is 16.8 Å². The van der Waals surface area contributed by atoms with Gasteiger partial charge in [0.2, 0.25) is 17.7 Å². The first-order valence-corrected chi connectivity index (χ1v) is 6.70. The molecule has 0 radical (unpaired) electrons. The molecule has 0 heterocycles. The number of carbonyl (C=O) groups excluding carboxylic acids is 3. The van der Waals surface area contributed by atoms with E-state index >= 15 is 0 Å². The van der Waals surface area contributed by atoms with Crippen molar-refractivity contribution in [2.45, 2.75) is 6.42 Å². The molecule has 0 unspecified atom stereocenters. The van der Waals surface area contributed by atoms with Crippen molar-refractivity contribution in [3.05, 3.63) is 29.8 Å². The van der Waals surface area contributed by atoms with Crippen molar-refractivity contribution in [2.24, 2.45) is 11.5 Å². The molecule has 5 N–H and O–H groups in total. The van der Waals surface area contributed by atoms with E-state index in [1.807, 2.05) is 0 Å². The highest BCUT2D eigenvalue weighted by Gasteiger charge is 2.04. The smallest absolute Gasteiger partial charge is 0.248 e. The van der Waals surface area contributed by atoms with E-state index in [4.69, 9.17) is 11.5 Å². The van der Waals surface area contributed by atoms with Gasteiger partial charge in [-0.25, -0.2) is 0 Å². The van der Waals surface area contributed by atoms with Gasteiger partial charge in [-0.1, -0.05) is 0 Å². The average Bonchev–Trinajstić information content (AvgIpc) is 2.35. The van der Waals surface area contributed by atoms with E-state index in [2.05, 4.69) is 5.32 Å². The third-order valence-corrected chi connectivity index (χ3v) is 3.15. The molecule has 1 rings (SSSR count). The van der Waals surface area contributed by atoms with Crippen LogP contribution >= 0.6 is 11.8 Å². The Morgan fingerprint density at radius 3 is 2.26 bits per heavy atom. The summed E-state index contributed by atoms with van der Waals surface area (Å²) in [4.78, 5) is 32.9. The van der Waals surface area contributed by atoms with E-state index in [1.165, 1.54) is 11.8 Å². The number of amides is 3. The van der Waals surface area contributed by atoms with Crippen LogP contribution in [0.3, 0.4) is 0 Å². The summed E-state index contributed by atoms with van der Waals surface area (Å²) in [5, 5.41) is 2.68. The first-order valence-electron chi connectivity index (χ1n) is 5.55. The normalized spacial score (nSPS) is 9.89. The van der Waals surface area contributed by atoms with E-state index in [9.17, 15) is 14.4 Å². The second kappa shape index (κ2) is 7.42. The molecule has 0 spiro atoms. The van der Waals surface area contributed by atoms with Crippen molar-refractivity contribution in [3.8, 4) is 0 Å². The molecule has 3 amide bonds. The van der Waals surface area contributed by atoms with Crippen LogP contribution in [-0.2, 0) is 9.59 Å². The Hall–Kier alpha value is -2.02. The molecule has 19 heavy (non-hydrogen) atoms. The fraction of sp³-hybridized carbons (Fsp3) is 0.250. The number of rotatable bonds is 7. The Kier molecular flexibility index (Phi) is 5.87. The zero-order valence-corrected chi connectivity index (χ0v) is 11.0. The van der Waals surface area contributed by atoms with E-state index in [1.54, 1.807) is 24.3 Å². The molecule has 0 aliphatic carbocycles. The summed E-state index contributed by atoms with van der Waals surface area (Å²) >= 11 is 1.31. The Labute approximate surface area is 114 Å². The molecule has 0 atom stereocenters. The van der Waals surface area contributed by atoms with Crippen LogP contribution in [0.25, 0.3) is 0 Å². The molecule has 0 bridgehead atoms. The lowest BCUT2D eigenvalue weighted by molar-refractivity contribution is -0.116. The van der Waals surface area contributed by atoms with Gasteiger partial charge in [-0.2, -0.15) is 11.8 Å². The zero-order chi connectivity index (χ0) is 14.3. The van der Waals surface area contributed by atoms with Gasteiger partial charge in [0.25, 0.3) is 0 Å². The van der Waals surface area contributed by atoms with Gasteiger partial charge in [-0.3, -0.25) is 14.4 Å². The Morgan fingerprint density at radius 1 is 1.11 bits per heavy atom. The molecular formula is C12H15N3O3S. The van der Waals surface area contributed by atoms with Crippen LogP contribution in [0.4, 0.5) is 5.69 Å². The van der Waals surface area contributed by atoms with E-state index in [-0.39, 0.29) is 18.1 Å². The second-order valence-electron chi connectivity index (χ2n) is 3.76. The summed E-state index contributed by atoms with van der Waals surface area (Å²) in [7, 11) is 0. The van der Waals surface area contributed by atoms with Gasteiger partial charge in [-0.05, 0) is 24.3 Å². The van der Waals surface area contributed by atoms with Crippen molar-refractivity contribution in [3.63, 3.8) is 0 Å². The molecule has 6 nitrogen and oxygen atoms in total. The van der Waals surface area contributed by atoms with Crippen LogP contribution in [0.5, 0.6) is 0 Å². The molecule has 0 aromatic heterocycles. The molecule has 0 aliphatic rings. The maximum atomic E-state index is 11.5. The Balaban J connectivity index is 2.35. The molecule has 0 aliphatic heterocycles. The predicted octanol–water partition coefficient (Wildman–Crippen LogP) is 0.333. The molecule has 102 valence electrons. The van der Waals surface area contributed by atoms with Crippen molar-refractivity contribution >= 4 is 35.2 Å². The number of benzene rings is 1. The number of nitrogens with one attached hydrogen (secondary N) is 1. The van der Waals surface area contributed by atoms with Crippen molar-refractivity contribution < 1.29 is 14.4 Å². The van der Waals surface area contributed by atoms with Crippen LogP contribution in [0.15, 0.2) is 24.3 Å². The van der Waals surface area contributed by atoms with Gasteiger partial charge >= 0.3 is 0 Å². The van der Waals surface area contributed by atoms with E-state index < -0.39 is 11.8 Å². The van der Waals surface area contributed by atoms with Crippen LogP contribution in [0.1, 0.15) is 16.8 Å². The molecule has 7 heteroatoms. The molecule has 0 saturated heterocycles. The maximum Gasteiger partial charge on any atom is 0.248 e. The number of nitrogens with two attached hydrogens (primary N) is 2. The number of primary amides is 2. The van der Waals surface area contributed by atoms with Gasteiger partial charge in [-0.15, -0.1) is 0 Å². The summed E-state index contributed by atoms with van der Waals surface area (Å²) in [6, 6.07) is 6.29. The van der Waals surface area contributed by atoms with E-state index in [0.717, 1.165) is 0 Å². The molecule has 0 fully saturated rings. The minimum Gasteiger partial charge on any atom is -0.369 e. The number of hydrogen-bond donors (Lipinski definition) is 3. The minimum atomic E-state index is -0.513. The summed E-state index contributed by atoms with van der Waals surface area (Å²) in [6.07, 6.45) is 0.287. The van der Waals surface area contributed by atoms with Crippen LogP contribution in [0.2, 0.25) is 0 Å². The summed E-state index contributed by atoms with van der Waals surface area (Å²) in [5.74, 6) is -0.341. The second-order valence-corrected chi connectivity index (χ2v) is 4.86. The highest BCUT2D eigenvalue weighted by Crippen LogP contribution is 2.10. The lowest BCUT2D eigenvalue weighted by Gasteiger charge is -2.05. The maximum absolute atomic E-state index is 11.5. The van der Waals surface area contributed by atoms with Gasteiger partial charge in [0, 0.05) is 23.4 Å². The monoisotopic (exact) mass is 281 g/mol. The average molecular weight is 281 g/mol. The van der Waals surface area contributed by atoms with Crippen molar-refractivity contribution in [2.75, 3.05) is 16.8 Å². The predicted molar refractivity (Wildman–Crippen MR) is 74.7 cm³/mol. The largest absolute Gasteiger partial charge is 0.369 e. The lowest BCUT2D eigenvalue weighted by Crippen LogP contribution is -2.16. The third-order valence-electron chi connectivity index (χ3n) is 2.17. The highest BCUT2D eigenvalue weighted by molar-refractivity contribution is 7.99. The fourth-order valence-corrected chi connectivity index (χ4v) is 1.95. The van der Waals surface area contributed by atoms with Crippen LogP contribution in [0, 0.1) is 0 Å². The van der Waals surface area contributed by atoms with Crippen molar-refractivity contribution in [1.29, 1.82) is 0 Å². The number of anilines is 1. The number of thioether (sulfide) groups is 1. The third kappa shape index (κ3) is 5.91. The highest BCUT2D eigenvalue weighted by atomic mass is 32.2. The Bertz CT molecular complexity index is 474. The SMILES string of the molecule is NC(=O)CSCCC(=O)Nc1ccc(C(N)=O)cc1. The zero-order valence-electron chi connectivity index (χ0n) is 10.2. The standard InChI is InChI=1S/C12H15N3O3S/c13-10(16)7-19-6-5-11(17)15-9-3-1-8(2-4-9)12(14)18/h1-4H,5-7H2,(H2,13,16)(H2,14,18)(H,15,17). The van der Waals surface area contributed by atoms with E-state index in [0.29, 0.717) is 17.0 Å². The fourth-order valence-electron chi connectivity index (χ4n) is 1.28. The molecule has 1 aromatic carbocycles. The summed E-state index contributed by atoms with van der Waals surface area (Å²) in [6.45, 7) is 0.